The molecule has 0 amide bonds. The predicted molar refractivity (Wildman–Crippen MR) is 82.6 cm³/mol. The molecule has 4 nitrogen and oxygen atoms in total. The second-order valence-corrected chi connectivity index (χ2v) is 4.88. The van der Waals surface area contributed by atoms with Crippen LogP contribution in [0.15, 0.2) is 42.5 Å². The van der Waals surface area contributed by atoms with Crippen LogP contribution in [0.3, 0.4) is 0 Å². The van der Waals surface area contributed by atoms with Crippen molar-refractivity contribution in [3.8, 4) is 17.2 Å². The highest BCUT2D eigenvalue weighted by Gasteiger charge is 2.11. The Hall–Kier alpha value is -2.36. The van der Waals surface area contributed by atoms with E-state index >= 15 is 0 Å². The molecule has 110 valence electrons. The molecular formula is C17H19NO3. The topological polar surface area (TPSA) is 39.7 Å². The number of ether oxygens (including phenoxy) is 3. The molecule has 0 unspecified atom stereocenters. The largest absolute Gasteiger partial charge is 0.497 e. The van der Waals surface area contributed by atoms with Gasteiger partial charge in [-0.1, -0.05) is 12.1 Å². The highest BCUT2D eigenvalue weighted by molar-refractivity contribution is 5.55. The first kappa shape index (κ1) is 13.6. The SMILES string of the molecule is COc1ccc(CCNc2ccc3c(c2)OCCO3)cc1. The monoisotopic (exact) mass is 285 g/mol. The van der Waals surface area contributed by atoms with Gasteiger partial charge in [-0.05, 0) is 36.2 Å². The van der Waals surface area contributed by atoms with Crippen LogP contribution < -0.4 is 19.5 Å². The minimum atomic E-state index is 0.613. The summed E-state index contributed by atoms with van der Waals surface area (Å²) in [6, 6.07) is 14.1. The van der Waals surface area contributed by atoms with Gasteiger partial charge in [-0.15, -0.1) is 0 Å². The van der Waals surface area contributed by atoms with Crippen molar-refractivity contribution in [1.82, 2.24) is 0 Å². The number of hydrogen-bond donors (Lipinski definition) is 1. The van der Waals surface area contributed by atoms with Crippen molar-refractivity contribution in [2.45, 2.75) is 6.42 Å². The number of hydrogen-bond acceptors (Lipinski definition) is 4. The highest BCUT2D eigenvalue weighted by atomic mass is 16.6. The molecule has 21 heavy (non-hydrogen) atoms. The van der Waals surface area contributed by atoms with Crippen molar-refractivity contribution in [3.63, 3.8) is 0 Å². The van der Waals surface area contributed by atoms with Gasteiger partial charge in [-0.2, -0.15) is 0 Å². The van der Waals surface area contributed by atoms with E-state index in [2.05, 4.69) is 17.4 Å². The number of methoxy groups -OCH3 is 1. The van der Waals surface area contributed by atoms with Crippen molar-refractivity contribution in [3.05, 3.63) is 48.0 Å². The Morgan fingerprint density at radius 3 is 2.52 bits per heavy atom. The zero-order chi connectivity index (χ0) is 14.5. The van der Waals surface area contributed by atoms with Crippen LogP contribution in [-0.2, 0) is 6.42 Å². The van der Waals surface area contributed by atoms with Crippen LogP contribution in [0.4, 0.5) is 5.69 Å². The van der Waals surface area contributed by atoms with Crippen LogP contribution in [0.2, 0.25) is 0 Å². The van der Waals surface area contributed by atoms with Gasteiger partial charge >= 0.3 is 0 Å². The lowest BCUT2D eigenvalue weighted by Gasteiger charge is -2.19. The van der Waals surface area contributed by atoms with Gasteiger partial charge in [0, 0.05) is 18.3 Å². The molecule has 1 N–H and O–H groups in total. The van der Waals surface area contributed by atoms with E-state index in [9.17, 15) is 0 Å². The van der Waals surface area contributed by atoms with Crippen LogP contribution >= 0.6 is 0 Å². The highest BCUT2D eigenvalue weighted by Crippen LogP contribution is 2.32. The smallest absolute Gasteiger partial charge is 0.163 e. The van der Waals surface area contributed by atoms with Gasteiger partial charge in [-0.3, -0.25) is 0 Å². The lowest BCUT2D eigenvalue weighted by atomic mass is 10.1. The average Bonchev–Trinajstić information content (AvgIpc) is 2.55. The Labute approximate surface area is 124 Å². The lowest BCUT2D eigenvalue weighted by molar-refractivity contribution is 0.171. The fraction of sp³-hybridized carbons (Fsp3) is 0.294. The van der Waals surface area contributed by atoms with Crippen LogP contribution in [0.5, 0.6) is 17.2 Å². The first-order valence-corrected chi connectivity index (χ1v) is 7.11. The molecule has 0 aliphatic carbocycles. The van der Waals surface area contributed by atoms with E-state index in [0.717, 1.165) is 35.9 Å². The van der Waals surface area contributed by atoms with Crippen molar-refractivity contribution in [2.75, 3.05) is 32.2 Å². The molecule has 0 spiro atoms. The van der Waals surface area contributed by atoms with Crippen LogP contribution in [-0.4, -0.2) is 26.9 Å². The lowest BCUT2D eigenvalue weighted by Crippen LogP contribution is -2.15. The summed E-state index contributed by atoms with van der Waals surface area (Å²) in [6.45, 7) is 2.10. The van der Waals surface area contributed by atoms with Crippen LogP contribution in [0, 0.1) is 0 Å². The van der Waals surface area contributed by atoms with Gasteiger partial charge in [0.15, 0.2) is 11.5 Å². The third kappa shape index (κ3) is 3.40. The number of rotatable bonds is 5. The van der Waals surface area contributed by atoms with E-state index < -0.39 is 0 Å². The van der Waals surface area contributed by atoms with Crippen molar-refractivity contribution < 1.29 is 14.2 Å². The maximum atomic E-state index is 5.58. The minimum Gasteiger partial charge on any atom is -0.497 e. The normalized spacial score (nSPS) is 12.8. The zero-order valence-electron chi connectivity index (χ0n) is 12.1. The third-order valence-electron chi connectivity index (χ3n) is 3.44. The summed E-state index contributed by atoms with van der Waals surface area (Å²) in [5, 5.41) is 3.41. The Morgan fingerprint density at radius 1 is 1.00 bits per heavy atom. The summed E-state index contributed by atoms with van der Waals surface area (Å²) >= 11 is 0. The van der Waals surface area contributed by atoms with E-state index in [1.54, 1.807) is 7.11 Å². The number of fused-ring (bicyclic) bond motifs is 1. The molecule has 4 heteroatoms. The molecule has 2 aromatic rings. The zero-order valence-corrected chi connectivity index (χ0v) is 12.1. The van der Waals surface area contributed by atoms with E-state index in [1.165, 1.54) is 5.56 Å². The molecule has 0 radical (unpaired) electrons. The second kappa shape index (κ2) is 6.39. The Bertz CT molecular complexity index is 595. The van der Waals surface area contributed by atoms with Gasteiger partial charge in [-0.25, -0.2) is 0 Å². The summed E-state index contributed by atoms with van der Waals surface area (Å²) in [4.78, 5) is 0. The standard InChI is InChI=1S/C17H19NO3/c1-19-15-5-2-13(3-6-15)8-9-18-14-4-7-16-17(12-14)21-11-10-20-16/h2-7,12,18H,8-11H2,1H3. The Kier molecular flexibility index (Phi) is 4.15. The fourth-order valence-corrected chi connectivity index (χ4v) is 2.30. The van der Waals surface area contributed by atoms with Gasteiger partial charge in [0.25, 0.3) is 0 Å². The molecule has 0 fully saturated rings. The van der Waals surface area contributed by atoms with Crippen molar-refractivity contribution >= 4 is 5.69 Å². The van der Waals surface area contributed by atoms with E-state index in [-0.39, 0.29) is 0 Å². The Morgan fingerprint density at radius 2 is 1.76 bits per heavy atom. The fourth-order valence-electron chi connectivity index (χ4n) is 2.30. The quantitative estimate of drug-likeness (QED) is 0.916. The number of anilines is 1. The van der Waals surface area contributed by atoms with Crippen LogP contribution in [0.25, 0.3) is 0 Å². The predicted octanol–water partition coefficient (Wildman–Crippen LogP) is 3.12. The third-order valence-corrected chi connectivity index (χ3v) is 3.44. The number of nitrogens with one attached hydrogen (secondary N) is 1. The summed E-state index contributed by atoms with van der Waals surface area (Å²) in [7, 11) is 1.68. The molecule has 0 aromatic heterocycles. The Balaban J connectivity index is 1.55. The second-order valence-electron chi connectivity index (χ2n) is 4.88. The van der Waals surface area contributed by atoms with E-state index in [0.29, 0.717) is 13.2 Å². The van der Waals surface area contributed by atoms with Crippen molar-refractivity contribution in [2.24, 2.45) is 0 Å². The molecule has 0 bridgehead atoms. The molecule has 0 atom stereocenters. The molecule has 2 aromatic carbocycles. The first-order valence-electron chi connectivity index (χ1n) is 7.11. The maximum Gasteiger partial charge on any atom is 0.163 e. The summed E-state index contributed by atoms with van der Waals surface area (Å²) < 4.78 is 16.2. The minimum absolute atomic E-state index is 0.613. The summed E-state index contributed by atoms with van der Waals surface area (Å²) in [6.07, 6.45) is 0.957. The maximum absolute atomic E-state index is 5.58. The molecule has 0 saturated heterocycles. The number of benzene rings is 2. The van der Waals surface area contributed by atoms with Crippen molar-refractivity contribution in [1.29, 1.82) is 0 Å². The van der Waals surface area contributed by atoms with Gasteiger partial charge in [0.2, 0.25) is 0 Å². The molecule has 1 aliphatic heterocycles. The van der Waals surface area contributed by atoms with Gasteiger partial charge < -0.3 is 19.5 Å². The molecule has 1 heterocycles. The molecular weight excluding hydrogens is 266 g/mol. The average molecular weight is 285 g/mol. The summed E-state index contributed by atoms with van der Waals surface area (Å²) in [5.74, 6) is 2.52. The molecule has 1 aliphatic rings. The molecule has 0 saturated carbocycles. The van der Waals surface area contributed by atoms with Gasteiger partial charge in [0.05, 0.1) is 7.11 Å². The molecule has 3 rings (SSSR count). The van der Waals surface area contributed by atoms with Crippen LogP contribution in [0.1, 0.15) is 5.56 Å². The first-order chi connectivity index (χ1) is 10.3. The summed E-state index contributed by atoms with van der Waals surface area (Å²) in [5.41, 5.74) is 2.33. The van der Waals surface area contributed by atoms with E-state index in [4.69, 9.17) is 14.2 Å². The van der Waals surface area contributed by atoms with Gasteiger partial charge in [0.1, 0.15) is 19.0 Å². The van der Waals surface area contributed by atoms with E-state index in [1.807, 2.05) is 30.3 Å².